The van der Waals surface area contributed by atoms with E-state index in [0.717, 1.165) is 11.4 Å². The van der Waals surface area contributed by atoms with Crippen LogP contribution in [0.2, 0.25) is 0 Å². The molecule has 2 aromatic rings. The Morgan fingerprint density at radius 2 is 1.95 bits per heavy atom. The molecule has 22 heavy (non-hydrogen) atoms. The molecule has 1 aliphatic rings. The fourth-order valence-corrected chi connectivity index (χ4v) is 2.24. The highest BCUT2D eigenvalue weighted by Gasteiger charge is 2.27. The molecule has 7 heteroatoms. The number of hydrogen-bond donors (Lipinski definition) is 0. The molecule has 3 heterocycles. The monoisotopic (exact) mass is 301 g/mol. The second kappa shape index (κ2) is 5.40. The van der Waals surface area contributed by atoms with E-state index >= 15 is 0 Å². The van der Waals surface area contributed by atoms with Crippen LogP contribution >= 0.6 is 0 Å². The zero-order valence-corrected chi connectivity index (χ0v) is 13.0. The molecule has 1 amide bonds. The maximum Gasteiger partial charge on any atom is 0.410 e. The van der Waals surface area contributed by atoms with E-state index in [4.69, 9.17) is 4.74 Å². The Kier molecular flexibility index (Phi) is 3.56. The second-order valence-electron chi connectivity index (χ2n) is 6.21. The van der Waals surface area contributed by atoms with E-state index in [1.807, 2.05) is 37.6 Å². The predicted molar refractivity (Wildman–Crippen MR) is 79.9 cm³/mol. The van der Waals surface area contributed by atoms with Crippen molar-refractivity contribution in [3.63, 3.8) is 0 Å². The lowest BCUT2D eigenvalue weighted by Gasteiger charge is -2.29. The van der Waals surface area contributed by atoms with Crippen molar-refractivity contribution in [3.05, 3.63) is 30.4 Å². The maximum atomic E-state index is 12.1. The number of pyridine rings is 1. The van der Waals surface area contributed by atoms with Gasteiger partial charge in [0.2, 0.25) is 0 Å². The number of aromatic nitrogens is 4. The zero-order valence-electron chi connectivity index (χ0n) is 13.0. The summed E-state index contributed by atoms with van der Waals surface area (Å²) in [5.74, 6) is 1.42. The molecule has 0 saturated carbocycles. The van der Waals surface area contributed by atoms with Gasteiger partial charge in [-0.05, 0) is 32.9 Å². The number of amides is 1. The number of hydrogen-bond acceptors (Lipinski definition) is 5. The third kappa shape index (κ3) is 3.08. The van der Waals surface area contributed by atoms with Gasteiger partial charge in [0.15, 0.2) is 5.82 Å². The van der Waals surface area contributed by atoms with Gasteiger partial charge in [0.25, 0.3) is 0 Å². The lowest BCUT2D eigenvalue weighted by Crippen LogP contribution is -2.41. The quantitative estimate of drug-likeness (QED) is 0.806. The Morgan fingerprint density at radius 3 is 2.64 bits per heavy atom. The second-order valence-corrected chi connectivity index (χ2v) is 6.21. The summed E-state index contributed by atoms with van der Waals surface area (Å²) in [7, 11) is 0. The number of rotatable bonds is 1. The predicted octanol–water partition coefficient (Wildman–Crippen LogP) is 2.09. The summed E-state index contributed by atoms with van der Waals surface area (Å²) >= 11 is 0. The molecule has 3 rings (SSSR count). The number of carbonyl (C=O) groups excluding carboxylic acids is 1. The molecule has 0 aliphatic carbocycles. The summed E-state index contributed by atoms with van der Waals surface area (Å²) in [6.07, 6.45) is 3.11. The van der Waals surface area contributed by atoms with E-state index in [1.165, 1.54) is 0 Å². The van der Waals surface area contributed by atoms with Crippen molar-refractivity contribution in [1.82, 2.24) is 24.6 Å². The van der Waals surface area contributed by atoms with E-state index < -0.39 is 5.60 Å². The normalized spacial score (nSPS) is 14.6. The van der Waals surface area contributed by atoms with Gasteiger partial charge in [-0.2, -0.15) is 5.10 Å². The average molecular weight is 301 g/mol. The smallest absolute Gasteiger partial charge is 0.410 e. The van der Waals surface area contributed by atoms with E-state index in [0.29, 0.717) is 25.5 Å². The summed E-state index contributed by atoms with van der Waals surface area (Å²) in [6.45, 7) is 7.18. The van der Waals surface area contributed by atoms with Crippen LogP contribution in [0.5, 0.6) is 0 Å². The first kappa shape index (κ1) is 14.5. The first-order chi connectivity index (χ1) is 10.4. The van der Waals surface area contributed by atoms with Crippen molar-refractivity contribution < 1.29 is 9.53 Å². The Labute approximate surface area is 128 Å². The van der Waals surface area contributed by atoms with Crippen LogP contribution in [0.1, 0.15) is 26.6 Å². The van der Waals surface area contributed by atoms with Crippen molar-refractivity contribution in [2.75, 3.05) is 6.54 Å². The number of fused-ring (bicyclic) bond motifs is 1. The molecule has 0 bridgehead atoms. The van der Waals surface area contributed by atoms with Gasteiger partial charge >= 0.3 is 6.09 Å². The molecule has 2 aromatic heterocycles. The molecule has 0 aromatic carbocycles. The maximum absolute atomic E-state index is 12.1. The third-order valence-corrected chi connectivity index (χ3v) is 3.25. The average Bonchev–Trinajstić information content (AvgIpc) is 2.89. The Balaban J connectivity index is 1.77. The van der Waals surface area contributed by atoms with Crippen LogP contribution in [0.25, 0.3) is 11.4 Å². The van der Waals surface area contributed by atoms with Crippen LogP contribution in [0.4, 0.5) is 4.79 Å². The van der Waals surface area contributed by atoms with Crippen molar-refractivity contribution in [2.24, 2.45) is 0 Å². The molecule has 1 aliphatic heterocycles. The summed E-state index contributed by atoms with van der Waals surface area (Å²) in [5.41, 5.74) is 0.422. The highest BCUT2D eigenvalue weighted by atomic mass is 16.6. The van der Waals surface area contributed by atoms with Crippen molar-refractivity contribution in [3.8, 4) is 11.4 Å². The first-order valence-corrected chi connectivity index (χ1v) is 7.24. The minimum atomic E-state index is -0.496. The van der Waals surface area contributed by atoms with Gasteiger partial charge in [-0.25, -0.2) is 14.5 Å². The van der Waals surface area contributed by atoms with Gasteiger partial charge in [0, 0.05) is 24.5 Å². The highest BCUT2D eigenvalue weighted by Crippen LogP contribution is 2.19. The largest absolute Gasteiger partial charge is 0.444 e. The third-order valence-electron chi connectivity index (χ3n) is 3.25. The van der Waals surface area contributed by atoms with Gasteiger partial charge in [-0.3, -0.25) is 9.88 Å². The minimum Gasteiger partial charge on any atom is -0.444 e. The van der Waals surface area contributed by atoms with Crippen LogP contribution in [-0.4, -0.2) is 42.9 Å². The summed E-state index contributed by atoms with van der Waals surface area (Å²) in [4.78, 5) is 22.3. The van der Waals surface area contributed by atoms with Gasteiger partial charge in [-0.1, -0.05) is 0 Å². The topological polar surface area (TPSA) is 73.1 Å². The lowest BCUT2D eigenvalue weighted by atomic mass is 10.2. The van der Waals surface area contributed by atoms with E-state index in [2.05, 4.69) is 15.1 Å². The van der Waals surface area contributed by atoms with E-state index in [9.17, 15) is 4.79 Å². The van der Waals surface area contributed by atoms with Crippen LogP contribution in [0.3, 0.4) is 0 Å². The van der Waals surface area contributed by atoms with Crippen LogP contribution in [-0.2, 0) is 17.8 Å². The molecule has 0 unspecified atom stereocenters. The van der Waals surface area contributed by atoms with Gasteiger partial charge in [-0.15, -0.1) is 0 Å². The lowest BCUT2D eigenvalue weighted by molar-refractivity contribution is 0.0190. The fraction of sp³-hybridized carbons (Fsp3) is 0.467. The van der Waals surface area contributed by atoms with Gasteiger partial charge in [0.05, 0.1) is 13.1 Å². The van der Waals surface area contributed by atoms with E-state index in [-0.39, 0.29) is 6.09 Å². The van der Waals surface area contributed by atoms with Crippen molar-refractivity contribution in [1.29, 1.82) is 0 Å². The molecular formula is C15H19N5O2. The Hall–Kier alpha value is -2.44. The first-order valence-electron chi connectivity index (χ1n) is 7.24. The zero-order chi connectivity index (χ0) is 15.7. The highest BCUT2D eigenvalue weighted by molar-refractivity contribution is 5.68. The summed E-state index contributed by atoms with van der Waals surface area (Å²) in [5, 5.41) is 4.49. The standard InChI is InChI=1S/C15H19N5O2/c1-15(2,3)22-14(21)19-8-9-20-12(10-19)17-13(18-20)11-4-6-16-7-5-11/h4-7H,8-10H2,1-3H3. The van der Waals surface area contributed by atoms with Crippen LogP contribution in [0, 0.1) is 0 Å². The van der Waals surface area contributed by atoms with Crippen molar-refractivity contribution in [2.45, 2.75) is 39.5 Å². The molecule has 0 fully saturated rings. The van der Waals surface area contributed by atoms with Gasteiger partial charge < -0.3 is 4.74 Å². The molecule has 0 spiro atoms. The molecule has 0 radical (unpaired) electrons. The molecule has 0 N–H and O–H groups in total. The Bertz CT molecular complexity index is 675. The minimum absolute atomic E-state index is 0.313. The SMILES string of the molecule is CC(C)(C)OC(=O)N1CCn2nc(-c3ccncc3)nc2C1. The number of nitrogens with zero attached hydrogens (tertiary/aromatic N) is 5. The van der Waals surface area contributed by atoms with Crippen LogP contribution < -0.4 is 0 Å². The number of ether oxygens (including phenoxy) is 1. The van der Waals surface area contributed by atoms with Gasteiger partial charge in [0.1, 0.15) is 11.4 Å². The Morgan fingerprint density at radius 1 is 1.23 bits per heavy atom. The van der Waals surface area contributed by atoms with E-state index in [1.54, 1.807) is 17.3 Å². The van der Waals surface area contributed by atoms with Crippen LogP contribution in [0.15, 0.2) is 24.5 Å². The molecule has 0 atom stereocenters. The molecule has 0 saturated heterocycles. The summed E-state index contributed by atoms with van der Waals surface area (Å²) < 4.78 is 7.25. The summed E-state index contributed by atoms with van der Waals surface area (Å²) in [6, 6.07) is 3.74. The van der Waals surface area contributed by atoms with Crippen molar-refractivity contribution >= 4 is 6.09 Å². The molecule has 7 nitrogen and oxygen atoms in total. The molecular weight excluding hydrogens is 282 g/mol. The fourth-order valence-electron chi connectivity index (χ4n) is 2.24. The number of carbonyl (C=O) groups is 1. The molecule has 116 valence electrons.